The van der Waals surface area contributed by atoms with E-state index in [0.29, 0.717) is 46.9 Å². The second-order valence-electron chi connectivity index (χ2n) is 6.62. The number of thiocarbonyl (C=S) groups is 1. The fourth-order valence-corrected chi connectivity index (χ4v) is 4.38. The smallest absolute Gasteiger partial charge is 0.266 e. The van der Waals surface area contributed by atoms with Gasteiger partial charge in [0.25, 0.3) is 5.91 Å². The van der Waals surface area contributed by atoms with Crippen molar-refractivity contribution in [1.82, 2.24) is 4.90 Å². The van der Waals surface area contributed by atoms with Gasteiger partial charge >= 0.3 is 0 Å². The Labute approximate surface area is 187 Å². The van der Waals surface area contributed by atoms with E-state index in [-0.39, 0.29) is 5.91 Å². The summed E-state index contributed by atoms with van der Waals surface area (Å²) in [4.78, 5) is 14.7. The zero-order valence-electron chi connectivity index (χ0n) is 17.3. The summed E-state index contributed by atoms with van der Waals surface area (Å²) in [5.74, 6) is 2.04. The SMILES string of the molecule is CCN1C(=O)C(=Cc2cccc(OC)c2OCCCOc2ccccc2C)SC1=S. The van der Waals surface area contributed by atoms with Crippen LogP contribution in [0.15, 0.2) is 47.4 Å². The average Bonchev–Trinajstić information content (AvgIpc) is 3.02. The number of aryl methyl sites for hydroxylation is 1. The molecule has 1 fully saturated rings. The fourth-order valence-electron chi connectivity index (χ4n) is 3.01. The molecule has 1 aliphatic heterocycles. The highest BCUT2D eigenvalue weighted by Gasteiger charge is 2.31. The van der Waals surface area contributed by atoms with Gasteiger partial charge in [-0.3, -0.25) is 9.69 Å². The first-order valence-electron chi connectivity index (χ1n) is 9.78. The lowest BCUT2D eigenvalue weighted by Gasteiger charge is -2.14. The van der Waals surface area contributed by atoms with Crippen LogP contribution in [0.25, 0.3) is 6.08 Å². The zero-order chi connectivity index (χ0) is 21.5. The van der Waals surface area contributed by atoms with Gasteiger partial charge in [-0.05, 0) is 37.6 Å². The molecule has 0 bridgehead atoms. The van der Waals surface area contributed by atoms with Crippen molar-refractivity contribution in [3.05, 3.63) is 58.5 Å². The molecule has 0 aromatic heterocycles. The topological polar surface area (TPSA) is 48.0 Å². The number of rotatable bonds is 9. The molecule has 1 heterocycles. The molecule has 2 aromatic carbocycles. The van der Waals surface area contributed by atoms with E-state index in [4.69, 9.17) is 26.4 Å². The largest absolute Gasteiger partial charge is 0.493 e. The van der Waals surface area contributed by atoms with Gasteiger partial charge in [0.15, 0.2) is 11.5 Å². The van der Waals surface area contributed by atoms with Gasteiger partial charge in [0, 0.05) is 18.5 Å². The Balaban J connectivity index is 1.67. The standard InChI is InChI=1S/C23H25NO4S2/c1-4-24-22(25)20(30-23(24)29)15-17-10-7-12-19(26-3)21(17)28-14-8-13-27-18-11-6-5-9-16(18)2/h5-7,9-12,15H,4,8,13-14H2,1-3H3. The maximum absolute atomic E-state index is 12.5. The van der Waals surface area contributed by atoms with Crippen LogP contribution in [0.2, 0.25) is 0 Å². The predicted octanol–water partition coefficient (Wildman–Crippen LogP) is 5.07. The summed E-state index contributed by atoms with van der Waals surface area (Å²) >= 11 is 6.60. The molecule has 1 saturated heterocycles. The number of likely N-dealkylation sites (N-methyl/N-ethyl adjacent to an activating group) is 1. The van der Waals surface area contributed by atoms with E-state index < -0.39 is 0 Å². The van der Waals surface area contributed by atoms with Crippen LogP contribution in [-0.4, -0.2) is 42.0 Å². The average molecular weight is 444 g/mol. The van der Waals surface area contributed by atoms with Gasteiger partial charge in [-0.25, -0.2) is 0 Å². The molecule has 0 atom stereocenters. The number of ether oxygens (including phenoxy) is 3. The van der Waals surface area contributed by atoms with Crippen LogP contribution in [-0.2, 0) is 4.79 Å². The van der Waals surface area contributed by atoms with Crippen LogP contribution in [0.3, 0.4) is 0 Å². The molecule has 1 aliphatic rings. The maximum atomic E-state index is 12.5. The molecule has 2 aromatic rings. The van der Waals surface area contributed by atoms with Crippen LogP contribution in [0.5, 0.6) is 17.2 Å². The lowest BCUT2D eigenvalue weighted by Crippen LogP contribution is -2.27. The number of hydrogen-bond donors (Lipinski definition) is 0. The summed E-state index contributed by atoms with van der Waals surface area (Å²) in [6.07, 6.45) is 2.53. The van der Waals surface area contributed by atoms with E-state index in [1.54, 1.807) is 12.0 Å². The number of carbonyl (C=O) groups is 1. The van der Waals surface area contributed by atoms with Crippen LogP contribution in [0.1, 0.15) is 24.5 Å². The quantitative estimate of drug-likeness (QED) is 0.306. The first-order valence-corrected chi connectivity index (χ1v) is 11.0. The molecular weight excluding hydrogens is 418 g/mol. The Morgan fingerprint density at radius 3 is 2.50 bits per heavy atom. The van der Waals surface area contributed by atoms with Gasteiger partial charge in [-0.2, -0.15) is 0 Å². The van der Waals surface area contributed by atoms with E-state index in [0.717, 1.165) is 16.9 Å². The molecule has 1 amide bonds. The summed E-state index contributed by atoms with van der Waals surface area (Å²) < 4.78 is 17.9. The number of carbonyl (C=O) groups excluding carboxylic acids is 1. The van der Waals surface area contributed by atoms with Crippen LogP contribution >= 0.6 is 24.0 Å². The van der Waals surface area contributed by atoms with Crippen molar-refractivity contribution in [2.24, 2.45) is 0 Å². The van der Waals surface area contributed by atoms with Crippen molar-refractivity contribution >= 4 is 40.3 Å². The van der Waals surface area contributed by atoms with E-state index in [9.17, 15) is 4.79 Å². The molecule has 0 radical (unpaired) electrons. The molecule has 0 N–H and O–H groups in total. The van der Waals surface area contributed by atoms with E-state index in [2.05, 4.69) is 0 Å². The summed E-state index contributed by atoms with van der Waals surface area (Å²) in [6, 6.07) is 13.5. The Morgan fingerprint density at radius 2 is 1.80 bits per heavy atom. The summed E-state index contributed by atoms with van der Waals surface area (Å²) in [5.41, 5.74) is 1.89. The fraction of sp³-hybridized carbons (Fsp3) is 0.304. The van der Waals surface area contributed by atoms with Crippen molar-refractivity contribution in [1.29, 1.82) is 0 Å². The van der Waals surface area contributed by atoms with Gasteiger partial charge in [-0.1, -0.05) is 54.3 Å². The van der Waals surface area contributed by atoms with E-state index in [1.807, 2.05) is 62.4 Å². The second kappa shape index (κ2) is 10.5. The number of hydrogen-bond acceptors (Lipinski definition) is 6. The Morgan fingerprint density at radius 1 is 1.07 bits per heavy atom. The number of nitrogens with zero attached hydrogens (tertiary/aromatic N) is 1. The van der Waals surface area contributed by atoms with Gasteiger partial charge in [-0.15, -0.1) is 0 Å². The molecule has 5 nitrogen and oxygen atoms in total. The van der Waals surface area contributed by atoms with Gasteiger partial charge < -0.3 is 14.2 Å². The third-order valence-electron chi connectivity index (χ3n) is 4.59. The first-order chi connectivity index (χ1) is 14.5. The second-order valence-corrected chi connectivity index (χ2v) is 8.30. The predicted molar refractivity (Wildman–Crippen MR) is 125 cm³/mol. The van der Waals surface area contributed by atoms with Gasteiger partial charge in [0.1, 0.15) is 10.1 Å². The maximum Gasteiger partial charge on any atom is 0.266 e. The van der Waals surface area contributed by atoms with E-state index >= 15 is 0 Å². The number of benzene rings is 2. The number of methoxy groups -OCH3 is 1. The Bertz CT molecular complexity index is 958. The Kier molecular flexibility index (Phi) is 7.76. The monoisotopic (exact) mass is 443 g/mol. The van der Waals surface area contributed by atoms with Crippen molar-refractivity contribution in [2.75, 3.05) is 26.9 Å². The van der Waals surface area contributed by atoms with Crippen molar-refractivity contribution in [3.63, 3.8) is 0 Å². The summed E-state index contributed by atoms with van der Waals surface area (Å²) in [6.45, 7) is 5.50. The molecule has 7 heteroatoms. The normalized spacial score (nSPS) is 15.0. The zero-order valence-corrected chi connectivity index (χ0v) is 19.0. The third kappa shape index (κ3) is 5.15. The highest BCUT2D eigenvalue weighted by atomic mass is 32.2. The third-order valence-corrected chi connectivity index (χ3v) is 5.97. The highest BCUT2D eigenvalue weighted by molar-refractivity contribution is 8.26. The minimum atomic E-state index is -0.0760. The van der Waals surface area contributed by atoms with Gasteiger partial charge in [0.05, 0.1) is 25.2 Å². The lowest BCUT2D eigenvalue weighted by molar-refractivity contribution is -0.121. The van der Waals surface area contributed by atoms with Crippen LogP contribution < -0.4 is 14.2 Å². The summed E-state index contributed by atoms with van der Waals surface area (Å²) in [5, 5.41) is 0. The highest BCUT2D eigenvalue weighted by Crippen LogP contribution is 2.37. The van der Waals surface area contributed by atoms with Crippen LogP contribution in [0, 0.1) is 6.92 Å². The van der Waals surface area contributed by atoms with Crippen LogP contribution in [0.4, 0.5) is 0 Å². The molecule has 0 saturated carbocycles. The van der Waals surface area contributed by atoms with Crippen molar-refractivity contribution < 1.29 is 19.0 Å². The summed E-state index contributed by atoms with van der Waals surface area (Å²) in [7, 11) is 1.60. The minimum Gasteiger partial charge on any atom is -0.493 e. The molecule has 0 unspecified atom stereocenters. The number of para-hydroxylation sites is 2. The molecule has 158 valence electrons. The molecular formula is C23H25NO4S2. The number of amides is 1. The molecule has 0 spiro atoms. The minimum absolute atomic E-state index is 0.0760. The lowest BCUT2D eigenvalue weighted by atomic mass is 10.1. The Hall–Kier alpha value is -2.51. The number of thioether (sulfide) groups is 1. The molecule has 3 rings (SSSR count). The molecule has 30 heavy (non-hydrogen) atoms. The van der Waals surface area contributed by atoms with Crippen molar-refractivity contribution in [2.45, 2.75) is 20.3 Å². The molecule has 0 aliphatic carbocycles. The van der Waals surface area contributed by atoms with E-state index in [1.165, 1.54) is 11.8 Å². The van der Waals surface area contributed by atoms with Gasteiger partial charge in [0.2, 0.25) is 0 Å². The van der Waals surface area contributed by atoms with Crippen molar-refractivity contribution in [3.8, 4) is 17.2 Å². The first kappa shape index (κ1) is 22.2.